The first-order valence-corrected chi connectivity index (χ1v) is 11.9. The summed E-state index contributed by atoms with van der Waals surface area (Å²) < 4.78 is 12.7. The Labute approximate surface area is 198 Å². The molecule has 1 aromatic heterocycles. The Hall–Kier alpha value is -3.20. The van der Waals surface area contributed by atoms with Crippen LogP contribution in [0.15, 0.2) is 53.7 Å². The minimum Gasteiger partial charge on any atom is -0.493 e. The van der Waals surface area contributed by atoms with Crippen molar-refractivity contribution in [2.75, 3.05) is 37.5 Å². The number of ether oxygens (including phenoxy) is 2. The molecule has 0 spiro atoms. The molecule has 1 unspecified atom stereocenters. The third-order valence-corrected chi connectivity index (χ3v) is 6.61. The van der Waals surface area contributed by atoms with Gasteiger partial charge in [-0.25, -0.2) is 0 Å². The summed E-state index contributed by atoms with van der Waals surface area (Å²) in [5.74, 6) is 1.87. The standard InChI is InChI=1S/C24H29N5O3S/c1-17(22(30)25-18-12-13-20(31-2)21(16-18)32-3)33-24-27-26-23(28-14-8-5-9-15-28)29(24)19-10-6-4-7-11-19/h4,6-7,10-13,16-17H,5,8-9,14-15H2,1-3H3,(H,25,30). The molecule has 0 saturated carbocycles. The molecule has 2 heterocycles. The number of hydrogen-bond donors (Lipinski definition) is 1. The molecule has 1 atom stereocenters. The van der Waals surface area contributed by atoms with Crippen molar-refractivity contribution in [1.82, 2.24) is 14.8 Å². The lowest BCUT2D eigenvalue weighted by Crippen LogP contribution is -2.31. The molecular weight excluding hydrogens is 438 g/mol. The van der Waals surface area contributed by atoms with Crippen molar-refractivity contribution >= 4 is 29.3 Å². The maximum Gasteiger partial charge on any atom is 0.237 e. The van der Waals surface area contributed by atoms with E-state index >= 15 is 0 Å². The summed E-state index contributed by atoms with van der Waals surface area (Å²) in [7, 11) is 3.15. The van der Waals surface area contributed by atoms with Crippen LogP contribution in [0.3, 0.4) is 0 Å². The van der Waals surface area contributed by atoms with Gasteiger partial charge in [0.05, 0.1) is 25.2 Å². The van der Waals surface area contributed by atoms with Gasteiger partial charge in [0, 0.05) is 24.8 Å². The largest absolute Gasteiger partial charge is 0.493 e. The van der Waals surface area contributed by atoms with Crippen LogP contribution in [0.5, 0.6) is 11.5 Å². The molecule has 1 aliphatic heterocycles. The third-order valence-electron chi connectivity index (χ3n) is 5.57. The van der Waals surface area contributed by atoms with Crippen LogP contribution in [-0.2, 0) is 4.79 Å². The van der Waals surface area contributed by atoms with Gasteiger partial charge in [0.25, 0.3) is 0 Å². The van der Waals surface area contributed by atoms with E-state index in [0.717, 1.165) is 37.6 Å². The Morgan fingerprint density at radius 3 is 2.42 bits per heavy atom. The first-order chi connectivity index (χ1) is 16.1. The average molecular weight is 468 g/mol. The number of aromatic nitrogens is 3. The van der Waals surface area contributed by atoms with Gasteiger partial charge in [0.1, 0.15) is 0 Å². The second-order valence-electron chi connectivity index (χ2n) is 7.82. The van der Waals surface area contributed by atoms with Gasteiger partial charge >= 0.3 is 0 Å². The molecule has 174 valence electrons. The van der Waals surface area contributed by atoms with E-state index < -0.39 is 0 Å². The zero-order valence-electron chi connectivity index (χ0n) is 19.2. The number of methoxy groups -OCH3 is 2. The lowest BCUT2D eigenvalue weighted by atomic mass is 10.1. The van der Waals surface area contributed by atoms with Gasteiger partial charge in [-0.3, -0.25) is 9.36 Å². The van der Waals surface area contributed by atoms with E-state index in [1.807, 2.05) is 37.3 Å². The van der Waals surface area contributed by atoms with Crippen LogP contribution in [0.25, 0.3) is 5.69 Å². The fraction of sp³-hybridized carbons (Fsp3) is 0.375. The molecule has 0 radical (unpaired) electrons. The molecule has 8 nitrogen and oxygen atoms in total. The number of para-hydroxylation sites is 1. The number of nitrogens with one attached hydrogen (secondary N) is 1. The Kier molecular flexibility index (Phi) is 7.39. The summed E-state index contributed by atoms with van der Waals surface area (Å²) in [4.78, 5) is 15.2. The first kappa shape index (κ1) is 23.0. The van der Waals surface area contributed by atoms with Gasteiger partial charge in [-0.2, -0.15) is 0 Å². The highest BCUT2D eigenvalue weighted by Crippen LogP contribution is 2.32. The Bertz CT molecular complexity index is 1080. The van der Waals surface area contributed by atoms with E-state index in [1.54, 1.807) is 32.4 Å². The monoisotopic (exact) mass is 467 g/mol. The summed E-state index contributed by atoms with van der Waals surface area (Å²) in [5, 5.41) is 12.2. The van der Waals surface area contributed by atoms with Gasteiger partial charge in [-0.15, -0.1) is 10.2 Å². The van der Waals surface area contributed by atoms with Gasteiger partial charge < -0.3 is 19.7 Å². The second kappa shape index (κ2) is 10.6. The third kappa shape index (κ3) is 5.24. The molecule has 1 N–H and O–H groups in total. The molecule has 0 bridgehead atoms. The van der Waals surface area contributed by atoms with Crippen LogP contribution in [0, 0.1) is 0 Å². The number of piperidine rings is 1. The van der Waals surface area contributed by atoms with Crippen molar-refractivity contribution < 1.29 is 14.3 Å². The normalized spacial score (nSPS) is 14.6. The summed E-state index contributed by atoms with van der Waals surface area (Å²) in [6.45, 7) is 3.79. The number of rotatable bonds is 8. The highest BCUT2D eigenvalue weighted by molar-refractivity contribution is 8.00. The van der Waals surface area contributed by atoms with Crippen molar-refractivity contribution in [2.24, 2.45) is 0 Å². The van der Waals surface area contributed by atoms with Crippen LogP contribution in [0.4, 0.5) is 11.6 Å². The predicted octanol–water partition coefficient (Wildman–Crippen LogP) is 4.39. The minimum absolute atomic E-state index is 0.130. The lowest BCUT2D eigenvalue weighted by Gasteiger charge is -2.28. The SMILES string of the molecule is COc1ccc(NC(=O)C(C)Sc2nnc(N3CCCCC3)n2-c2ccccc2)cc1OC. The van der Waals surface area contributed by atoms with Crippen molar-refractivity contribution in [1.29, 1.82) is 0 Å². The van der Waals surface area contributed by atoms with Crippen LogP contribution >= 0.6 is 11.8 Å². The van der Waals surface area contributed by atoms with Crippen molar-refractivity contribution in [3.8, 4) is 17.2 Å². The Morgan fingerprint density at radius 1 is 1.00 bits per heavy atom. The zero-order valence-corrected chi connectivity index (χ0v) is 20.0. The highest BCUT2D eigenvalue weighted by atomic mass is 32.2. The molecule has 4 rings (SSSR count). The average Bonchev–Trinajstić information content (AvgIpc) is 3.28. The number of carbonyl (C=O) groups excluding carboxylic acids is 1. The van der Waals surface area contributed by atoms with Crippen molar-refractivity contribution in [3.63, 3.8) is 0 Å². The molecule has 33 heavy (non-hydrogen) atoms. The molecule has 0 aliphatic carbocycles. The van der Waals surface area contributed by atoms with Crippen molar-refractivity contribution in [3.05, 3.63) is 48.5 Å². The molecule has 1 saturated heterocycles. The first-order valence-electron chi connectivity index (χ1n) is 11.1. The van der Waals surface area contributed by atoms with E-state index in [0.29, 0.717) is 22.3 Å². The lowest BCUT2D eigenvalue weighted by molar-refractivity contribution is -0.115. The quantitative estimate of drug-likeness (QED) is 0.492. The summed E-state index contributed by atoms with van der Waals surface area (Å²) in [6, 6.07) is 15.4. The second-order valence-corrected chi connectivity index (χ2v) is 9.13. The highest BCUT2D eigenvalue weighted by Gasteiger charge is 2.25. The maximum atomic E-state index is 13.0. The van der Waals surface area contributed by atoms with Crippen LogP contribution < -0.4 is 19.7 Å². The Morgan fingerprint density at radius 2 is 1.73 bits per heavy atom. The smallest absolute Gasteiger partial charge is 0.237 e. The zero-order chi connectivity index (χ0) is 23.2. The molecular formula is C24H29N5O3S. The molecule has 1 fully saturated rings. The molecule has 2 aromatic carbocycles. The number of benzene rings is 2. The maximum absolute atomic E-state index is 13.0. The van der Waals surface area contributed by atoms with Crippen LogP contribution in [0.2, 0.25) is 0 Å². The minimum atomic E-state index is -0.390. The number of thioether (sulfide) groups is 1. The number of anilines is 2. The van der Waals surface area contributed by atoms with Crippen molar-refractivity contribution in [2.45, 2.75) is 36.6 Å². The van der Waals surface area contributed by atoms with E-state index in [4.69, 9.17) is 9.47 Å². The summed E-state index contributed by atoms with van der Waals surface area (Å²) >= 11 is 1.39. The molecule has 1 amide bonds. The van der Waals surface area contributed by atoms with E-state index in [-0.39, 0.29) is 11.2 Å². The molecule has 9 heteroatoms. The fourth-order valence-corrected chi connectivity index (χ4v) is 4.67. The predicted molar refractivity (Wildman–Crippen MR) is 131 cm³/mol. The topological polar surface area (TPSA) is 81.5 Å². The van der Waals surface area contributed by atoms with Crippen LogP contribution in [-0.4, -0.2) is 53.2 Å². The van der Waals surface area contributed by atoms with Gasteiger partial charge in [0.2, 0.25) is 11.9 Å². The molecule has 1 aliphatic rings. The van der Waals surface area contributed by atoms with Crippen LogP contribution in [0.1, 0.15) is 26.2 Å². The summed E-state index contributed by atoms with van der Waals surface area (Å²) in [6.07, 6.45) is 3.54. The number of carbonyl (C=O) groups is 1. The fourth-order valence-electron chi connectivity index (χ4n) is 3.81. The summed E-state index contributed by atoms with van der Waals surface area (Å²) in [5.41, 5.74) is 1.63. The number of hydrogen-bond acceptors (Lipinski definition) is 7. The van der Waals surface area contributed by atoms with E-state index in [1.165, 1.54) is 18.2 Å². The van der Waals surface area contributed by atoms with Gasteiger partial charge in [0.15, 0.2) is 16.7 Å². The van der Waals surface area contributed by atoms with E-state index in [2.05, 4.69) is 25.0 Å². The van der Waals surface area contributed by atoms with E-state index in [9.17, 15) is 4.79 Å². The number of nitrogens with zero attached hydrogens (tertiary/aromatic N) is 4. The molecule has 3 aromatic rings. The number of amides is 1. The van der Waals surface area contributed by atoms with Gasteiger partial charge in [-0.05, 0) is 50.5 Å². The van der Waals surface area contributed by atoms with Gasteiger partial charge in [-0.1, -0.05) is 30.0 Å². The Balaban J connectivity index is 1.54.